The second-order valence-electron chi connectivity index (χ2n) is 5.58. The number of hydrogen-bond donors (Lipinski definition) is 4. The molecule has 0 saturated carbocycles. The molecule has 1 aliphatic heterocycles. The molecule has 0 aliphatic carbocycles. The number of rotatable bonds is 3. The number of fused-ring (bicyclic) bond motifs is 1. The molecule has 2 aromatic heterocycles. The van der Waals surface area contributed by atoms with E-state index in [9.17, 15) is 9.18 Å². The van der Waals surface area contributed by atoms with E-state index in [0.29, 0.717) is 22.7 Å². The molecule has 23 heavy (non-hydrogen) atoms. The topological polar surface area (TPSA) is 98.5 Å². The van der Waals surface area contributed by atoms with Crippen molar-refractivity contribution in [3.63, 3.8) is 0 Å². The molecule has 0 radical (unpaired) electrons. The van der Waals surface area contributed by atoms with Crippen molar-refractivity contribution in [2.75, 3.05) is 18.4 Å². The van der Waals surface area contributed by atoms with E-state index in [1.807, 2.05) is 0 Å². The number of pyridine rings is 1. The Kier molecular flexibility index (Phi) is 3.30. The zero-order valence-electron chi connectivity index (χ0n) is 12.2. The van der Waals surface area contributed by atoms with Crippen LogP contribution in [0.15, 0.2) is 29.1 Å². The molecule has 1 aliphatic rings. The van der Waals surface area contributed by atoms with Crippen molar-refractivity contribution in [3.8, 4) is 11.5 Å². The Labute approximate surface area is 130 Å². The predicted molar refractivity (Wildman–Crippen MR) is 84.8 cm³/mol. The van der Waals surface area contributed by atoms with Gasteiger partial charge in [0.05, 0.1) is 0 Å². The lowest BCUT2D eigenvalue weighted by Crippen LogP contribution is -2.23. The first-order valence-electron chi connectivity index (χ1n) is 7.42. The van der Waals surface area contributed by atoms with Crippen molar-refractivity contribution in [2.24, 2.45) is 0 Å². The largest absolute Gasteiger partial charge is 0.365 e. The van der Waals surface area contributed by atoms with Gasteiger partial charge in [-0.15, -0.1) is 0 Å². The maximum absolute atomic E-state index is 13.6. The minimum absolute atomic E-state index is 0.238. The SMILES string of the molecule is O=c1[nH]nc(-c2cc3ccc(F)cc3c(NC3CCNC3)n2)[nH]1. The first kappa shape index (κ1) is 13.9. The highest BCUT2D eigenvalue weighted by atomic mass is 19.1. The van der Waals surface area contributed by atoms with E-state index in [1.54, 1.807) is 12.1 Å². The van der Waals surface area contributed by atoms with Crippen LogP contribution in [0.25, 0.3) is 22.3 Å². The van der Waals surface area contributed by atoms with Crippen LogP contribution in [0.4, 0.5) is 10.2 Å². The summed E-state index contributed by atoms with van der Waals surface area (Å²) >= 11 is 0. The van der Waals surface area contributed by atoms with E-state index >= 15 is 0 Å². The summed E-state index contributed by atoms with van der Waals surface area (Å²) in [5.41, 5.74) is 0.131. The van der Waals surface area contributed by atoms with Crippen LogP contribution >= 0.6 is 0 Å². The Bertz CT molecular complexity index is 912. The summed E-state index contributed by atoms with van der Waals surface area (Å²) in [5.74, 6) is 0.635. The highest BCUT2D eigenvalue weighted by Crippen LogP contribution is 2.27. The van der Waals surface area contributed by atoms with Gasteiger partial charge in [0.2, 0.25) is 0 Å². The van der Waals surface area contributed by atoms with Gasteiger partial charge in [-0.25, -0.2) is 19.3 Å². The number of anilines is 1. The number of nitrogens with zero attached hydrogens (tertiary/aromatic N) is 2. The smallest absolute Gasteiger partial charge is 0.340 e. The van der Waals surface area contributed by atoms with Crippen LogP contribution in [0.2, 0.25) is 0 Å². The average molecular weight is 314 g/mol. The predicted octanol–water partition coefficient (Wildman–Crippen LogP) is 1.23. The van der Waals surface area contributed by atoms with E-state index < -0.39 is 5.69 Å². The van der Waals surface area contributed by atoms with E-state index in [1.165, 1.54) is 12.1 Å². The fourth-order valence-electron chi connectivity index (χ4n) is 2.81. The highest BCUT2D eigenvalue weighted by molar-refractivity contribution is 5.94. The summed E-state index contributed by atoms with van der Waals surface area (Å²) in [6.45, 7) is 1.78. The Hall–Kier alpha value is -2.74. The summed E-state index contributed by atoms with van der Waals surface area (Å²) in [6, 6.07) is 6.57. The zero-order chi connectivity index (χ0) is 15.8. The molecule has 1 fully saturated rings. The molecule has 8 heteroatoms. The number of halogens is 1. The fraction of sp³-hybridized carbons (Fsp3) is 0.267. The fourth-order valence-corrected chi connectivity index (χ4v) is 2.81. The second kappa shape index (κ2) is 5.47. The molecule has 0 bridgehead atoms. The van der Waals surface area contributed by atoms with E-state index in [4.69, 9.17) is 0 Å². The molecule has 118 valence electrons. The minimum atomic E-state index is -0.393. The maximum atomic E-state index is 13.6. The van der Waals surface area contributed by atoms with E-state index in [0.717, 1.165) is 24.9 Å². The van der Waals surface area contributed by atoms with Crippen LogP contribution in [-0.2, 0) is 0 Å². The van der Waals surface area contributed by atoms with Gasteiger partial charge in [0, 0.05) is 18.0 Å². The van der Waals surface area contributed by atoms with Crippen molar-refractivity contribution in [3.05, 3.63) is 40.6 Å². The van der Waals surface area contributed by atoms with Crippen molar-refractivity contribution in [2.45, 2.75) is 12.5 Å². The summed E-state index contributed by atoms with van der Waals surface area (Å²) in [4.78, 5) is 18.4. The van der Waals surface area contributed by atoms with Crippen molar-refractivity contribution in [1.82, 2.24) is 25.5 Å². The summed E-state index contributed by atoms with van der Waals surface area (Å²) in [5, 5.41) is 14.4. The van der Waals surface area contributed by atoms with E-state index in [-0.39, 0.29) is 11.9 Å². The van der Waals surface area contributed by atoms with Gasteiger partial charge in [-0.3, -0.25) is 4.98 Å². The van der Waals surface area contributed by atoms with Crippen LogP contribution in [0.3, 0.4) is 0 Å². The minimum Gasteiger partial charge on any atom is -0.365 e. The molecule has 1 saturated heterocycles. The van der Waals surface area contributed by atoms with Gasteiger partial charge in [0.1, 0.15) is 17.3 Å². The Morgan fingerprint density at radius 1 is 1.30 bits per heavy atom. The standard InChI is InChI=1S/C15H15FN6O/c16-9-2-1-8-5-12(14-20-15(23)22-21-14)19-13(11(8)6-9)18-10-3-4-17-7-10/h1-2,5-6,10,17H,3-4,7H2,(H,18,19)(H2,20,21,22,23). The first-order chi connectivity index (χ1) is 11.2. The second-order valence-corrected chi connectivity index (χ2v) is 5.58. The number of H-pyrrole nitrogens is 2. The normalized spacial score (nSPS) is 17.7. The van der Waals surface area contributed by atoms with Gasteiger partial charge >= 0.3 is 5.69 Å². The number of nitrogens with one attached hydrogen (secondary N) is 4. The first-order valence-corrected chi connectivity index (χ1v) is 7.42. The number of hydrogen-bond acceptors (Lipinski definition) is 5. The van der Waals surface area contributed by atoms with Crippen molar-refractivity contribution in [1.29, 1.82) is 0 Å². The lowest BCUT2D eigenvalue weighted by Gasteiger charge is -2.15. The van der Waals surface area contributed by atoms with Crippen LogP contribution in [0.5, 0.6) is 0 Å². The number of benzene rings is 1. The van der Waals surface area contributed by atoms with Crippen molar-refractivity contribution >= 4 is 16.6 Å². The van der Waals surface area contributed by atoms with Crippen LogP contribution in [-0.4, -0.2) is 39.3 Å². The molecule has 0 spiro atoms. The van der Waals surface area contributed by atoms with Crippen LogP contribution < -0.4 is 16.3 Å². The van der Waals surface area contributed by atoms with Gasteiger partial charge in [0.25, 0.3) is 0 Å². The molecular weight excluding hydrogens is 299 g/mol. The summed E-state index contributed by atoms with van der Waals surface area (Å²) in [7, 11) is 0. The van der Waals surface area contributed by atoms with Crippen molar-refractivity contribution < 1.29 is 4.39 Å². The van der Waals surface area contributed by atoms with E-state index in [2.05, 4.69) is 30.8 Å². The summed E-state index contributed by atoms with van der Waals surface area (Å²) < 4.78 is 13.6. The molecular formula is C15H15FN6O. The molecule has 3 heterocycles. The number of aromatic nitrogens is 4. The van der Waals surface area contributed by atoms with Gasteiger partial charge in [0.15, 0.2) is 5.82 Å². The van der Waals surface area contributed by atoms with Gasteiger partial charge < -0.3 is 10.6 Å². The molecule has 4 rings (SSSR count). The third-order valence-electron chi connectivity index (χ3n) is 3.94. The maximum Gasteiger partial charge on any atom is 0.340 e. The molecule has 7 nitrogen and oxygen atoms in total. The lowest BCUT2D eigenvalue weighted by atomic mass is 10.1. The highest BCUT2D eigenvalue weighted by Gasteiger charge is 2.17. The van der Waals surface area contributed by atoms with Gasteiger partial charge in [-0.05, 0) is 36.6 Å². The molecule has 1 atom stereocenters. The molecule has 3 aromatic rings. The Morgan fingerprint density at radius 2 is 2.22 bits per heavy atom. The molecule has 1 unspecified atom stereocenters. The Balaban J connectivity index is 1.85. The third kappa shape index (κ3) is 2.68. The molecule has 4 N–H and O–H groups in total. The lowest BCUT2D eigenvalue weighted by molar-refractivity contribution is 0.629. The quantitative estimate of drug-likeness (QED) is 0.583. The average Bonchev–Trinajstić information content (AvgIpc) is 3.19. The van der Waals surface area contributed by atoms with Gasteiger partial charge in [-0.1, -0.05) is 6.07 Å². The van der Waals surface area contributed by atoms with Gasteiger partial charge in [-0.2, -0.15) is 5.10 Å². The van der Waals surface area contributed by atoms with Crippen LogP contribution in [0, 0.1) is 5.82 Å². The molecule has 0 amide bonds. The third-order valence-corrected chi connectivity index (χ3v) is 3.94. The number of aromatic amines is 2. The van der Waals surface area contributed by atoms with Crippen LogP contribution in [0.1, 0.15) is 6.42 Å². The summed E-state index contributed by atoms with van der Waals surface area (Å²) in [6.07, 6.45) is 0.974. The Morgan fingerprint density at radius 3 is 2.96 bits per heavy atom. The molecule has 1 aromatic carbocycles. The monoisotopic (exact) mass is 314 g/mol. The zero-order valence-corrected chi connectivity index (χ0v) is 12.2.